The van der Waals surface area contributed by atoms with E-state index < -0.39 is 0 Å². The van der Waals surface area contributed by atoms with E-state index >= 15 is 0 Å². The number of piperazine rings is 1. The van der Waals surface area contributed by atoms with Gasteiger partial charge >= 0.3 is 0 Å². The summed E-state index contributed by atoms with van der Waals surface area (Å²) in [5.41, 5.74) is 0.549. The van der Waals surface area contributed by atoms with Gasteiger partial charge in [0, 0.05) is 44.5 Å². The molecular formula is C15H20N2O2S. The van der Waals surface area contributed by atoms with Crippen molar-refractivity contribution in [1.82, 2.24) is 9.80 Å². The third-order valence-electron chi connectivity index (χ3n) is 3.44. The summed E-state index contributed by atoms with van der Waals surface area (Å²) in [6, 6.07) is 4.22. The standard InChI is InChI=1S/C15H20N2O2S/c1-3-14(15(19)12(2)18)17-8-6-16(7-9-17)11-13-5-4-10-20-13/h3-5,10,19H,1,6-9,11H2,2H3/b15-14-. The first-order chi connectivity index (χ1) is 9.61. The molecule has 1 aromatic heterocycles. The van der Waals surface area contributed by atoms with Crippen LogP contribution in [-0.2, 0) is 11.3 Å². The maximum Gasteiger partial charge on any atom is 0.196 e. The zero-order valence-electron chi connectivity index (χ0n) is 11.7. The average molecular weight is 292 g/mol. The molecule has 1 fully saturated rings. The van der Waals surface area contributed by atoms with E-state index in [1.165, 1.54) is 11.8 Å². The number of hydrogen-bond donors (Lipinski definition) is 1. The summed E-state index contributed by atoms with van der Waals surface area (Å²) in [5, 5.41) is 11.9. The van der Waals surface area contributed by atoms with Gasteiger partial charge in [0.2, 0.25) is 0 Å². The molecule has 0 bridgehead atoms. The number of ketones is 1. The third kappa shape index (κ3) is 3.49. The Morgan fingerprint density at radius 1 is 1.45 bits per heavy atom. The second-order valence-corrected chi connectivity index (χ2v) is 5.87. The maximum absolute atomic E-state index is 11.3. The Morgan fingerprint density at radius 3 is 2.65 bits per heavy atom. The molecule has 108 valence electrons. The molecule has 4 nitrogen and oxygen atoms in total. The maximum atomic E-state index is 11.3. The lowest BCUT2D eigenvalue weighted by atomic mass is 10.2. The minimum atomic E-state index is -0.319. The Labute approximate surface area is 123 Å². The fourth-order valence-corrected chi connectivity index (χ4v) is 3.07. The highest BCUT2D eigenvalue weighted by molar-refractivity contribution is 7.09. The summed E-state index contributed by atoms with van der Waals surface area (Å²) in [6.45, 7) is 9.46. The van der Waals surface area contributed by atoms with Crippen LogP contribution in [-0.4, -0.2) is 46.9 Å². The zero-order valence-corrected chi connectivity index (χ0v) is 12.5. The second-order valence-electron chi connectivity index (χ2n) is 4.84. The Hall–Kier alpha value is -1.59. The van der Waals surface area contributed by atoms with Crippen LogP contribution >= 0.6 is 11.3 Å². The molecule has 1 saturated heterocycles. The van der Waals surface area contributed by atoms with Crippen molar-refractivity contribution < 1.29 is 9.90 Å². The highest BCUT2D eigenvalue weighted by Crippen LogP contribution is 2.17. The molecule has 1 N–H and O–H groups in total. The van der Waals surface area contributed by atoms with Gasteiger partial charge in [-0.2, -0.15) is 0 Å². The van der Waals surface area contributed by atoms with Gasteiger partial charge in [0.15, 0.2) is 11.5 Å². The van der Waals surface area contributed by atoms with Crippen LogP contribution in [0.3, 0.4) is 0 Å². The Morgan fingerprint density at radius 2 is 2.15 bits per heavy atom. The van der Waals surface area contributed by atoms with Gasteiger partial charge < -0.3 is 10.0 Å². The van der Waals surface area contributed by atoms with Crippen molar-refractivity contribution in [2.45, 2.75) is 13.5 Å². The first kappa shape index (κ1) is 14.8. The molecule has 1 aromatic rings. The topological polar surface area (TPSA) is 43.8 Å². The summed E-state index contributed by atoms with van der Waals surface area (Å²) in [6.07, 6.45) is 1.56. The van der Waals surface area contributed by atoms with Crippen LogP contribution in [0.5, 0.6) is 0 Å². The normalized spacial score (nSPS) is 17.8. The predicted molar refractivity (Wildman–Crippen MR) is 81.7 cm³/mol. The van der Waals surface area contributed by atoms with Crippen molar-refractivity contribution in [1.29, 1.82) is 0 Å². The summed E-state index contributed by atoms with van der Waals surface area (Å²) in [7, 11) is 0. The molecule has 0 spiro atoms. The minimum absolute atomic E-state index is 0.188. The van der Waals surface area contributed by atoms with E-state index in [9.17, 15) is 9.90 Å². The highest BCUT2D eigenvalue weighted by atomic mass is 32.1. The molecule has 0 aliphatic carbocycles. The van der Waals surface area contributed by atoms with E-state index in [1.54, 1.807) is 17.4 Å². The lowest BCUT2D eigenvalue weighted by molar-refractivity contribution is -0.116. The molecule has 0 radical (unpaired) electrons. The Kier molecular flexibility index (Phi) is 4.98. The average Bonchev–Trinajstić information content (AvgIpc) is 2.94. The van der Waals surface area contributed by atoms with Crippen LogP contribution in [0, 0.1) is 0 Å². The van der Waals surface area contributed by atoms with Gasteiger partial charge in [0.05, 0.1) is 5.70 Å². The third-order valence-corrected chi connectivity index (χ3v) is 4.30. The minimum Gasteiger partial charge on any atom is -0.503 e. The zero-order chi connectivity index (χ0) is 14.5. The molecule has 5 heteroatoms. The lowest BCUT2D eigenvalue weighted by Gasteiger charge is -2.36. The van der Waals surface area contributed by atoms with Crippen LogP contribution in [0.25, 0.3) is 0 Å². The van der Waals surface area contributed by atoms with Gasteiger partial charge in [0.25, 0.3) is 0 Å². The smallest absolute Gasteiger partial charge is 0.196 e. The molecule has 0 amide bonds. The molecule has 20 heavy (non-hydrogen) atoms. The van der Waals surface area contributed by atoms with Crippen LogP contribution in [0.4, 0.5) is 0 Å². The number of rotatable bonds is 5. The quantitative estimate of drug-likeness (QED) is 0.514. The molecule has 1 aliphatic rings. The molecule has 0 atom stereocenters. The van der Waals surface area contributed by atoms with Gasteiger partial charge in [-0.05, 0) is 17.5 Å². The summed E-state index contributed by atoms with van der Waals surface area (Å²) in [4.78, 5) is 17.0. The Bertz CT molecular complexity index is 500. The summed E-state index contributed by atoms with van der Waals surface area (Å²) >= 11 is 1.77. The number of nitrogens with zero attached hydrogens (tertiary/aromatic N) is 2. The van der Waals surface area contributed by atoms with Crippen molar-refractivity contribution in [3.63, 3.8) is 0 Å². The van der Waals surface area contributed by atoms with Crippen molar-refractivity contribution in [2.24, 2.45) is 0 Å². The fourth-order valence-electron chi connectivity index (χ4n) is 2.33. The van der Waals surface area contributed by atoms with Crippen molar-refractivity contribution in [3.8, 4) is 0 Å². The molecule has 0 unspecified atom stereocenters. The van der Waals surface area contributed by atoms with E-state index in [1.807, 2.05) is 4.90 Å². The first-order valence-electron chi connectivity index (χ1n) is 6.68. The molecule has 2 heterocycles. The van der Waals surface area contributed by atoms with Crippen molar-refractivity contribution in [3.05, 3.63) is 46.5 Å². The largest absolute Gasteiger partial charge is 0.503 e. The summed E-state index contributed by atoms with van der Waals surface area (Å²) < 4.78 is 0. The molecule has 1 aliphatic heterocycles. The van der Waals surface area contributed by atoms with Crippen LogP contribution in [0.15, 0.2) is 41.6 Å². The van der Waals surface area contributed by atoms with E-state index in [0.717, 1.165) is 32.7 Å². The number of Topliss-reactive ketones (excluding diaryl/α,β-unsaturated/α-hetero) is 1. The highest BCUT2D eigenvalue weighted by Gasteiger charge is 2.21. The van der Waals surface area contributed by atoms with E-state index in [4.69, 9.17) is 0 Å². The molecule has 0 saturated carbocycles. The summed E-state index contributed by atoms with van der Waals surface area (Å²) in [5.74, 6) is -0.507. The van der Waals surface area contributed by atoms with Crippen molar-refractivity contribution >= 4 is 17.1 Å². The number of aliphatic hydroxyl groups is 1. The number of allylic oxidation sites excluding steroid dienone is 2. The molecule has 2 rings (SSSR count). The number of aliphatic hydroxyl groups excluding tert-OH is 1. The van der Waals surface area contributed by atoms with E-state index in [2.05, 4.69) is 29.0 Å². The number of carbonyl (C=O) groups excluding carboxylic acids is 1. The molecule has 0 aromatic carbocycles. The van der Waals surface area contributed by atoms with E-state index in [0.29, 0.717) is 5.70 Å². The Balaban J connectivity index is 1.95. The fraction of sp³-hybridized carbons (Fsp3) is 0.400. The number of carbonyl (C=O) groups is 1. The first-order valence-corrected chi connectivity index (χ1v) is 7.56. The molecular weight excluding hydrogens is 272 g/mol. The lowest BCUT2D eigenvalue weighted by Crippen LogP contribution is -2.45. The number of hydrogen-bond acceptors (Lipinski definition) is 5. The monoisotopic (exact) mass is 292 g/mol. The van der Waals surface area contributed by atoms with Crippen LogP contribution < -0.4 is 0 Å². The van der Waals surface area contributed by atoms with Crippen LogP contribution in [0.1, 0.15) is 11.8 Å². The SMILES string of the molecule is C=C/C(=C(/O)C(C)=O)N1CCN(Cc2cccs2)CC1. The van der Waals surface area contributed by atoms with Gasteiger partial charge in [-0.1, -0.05) is 12.6 Å². The van der Waals surface area contributed by atoms with Gasteiger partial charge in [0.1, 0.15) is 0 Å². The van der Waals surface area contributed by atoms with E-state index in [-0.39, 0.29) is 11.5 Å². The van der Waals surface area contributed by atoms with Crippen molar-refractivity contribution in [2.75, 3.05) is 26.2 Å². The van der Waals surface area contributed by atoms with Gasteiger partial charge in [-0.3, -0.25) is 9.69 Å². The van der Waals surface area contributed by atoms with Crippen LogP contribution in [0.2, 0.25) is 0 Å². The predicted octanol–water partition coefficient (Wildman–Crippen LogP) is 2.41. The van der Waals surface area contributed by atoms with Gasteiger partial charge in [-0.15, -0.1) is 11.3 Å². The number of thiophene rings is 1. The second kappa shape index (κ2) is 6.72. The van der Waals surface area contributed by atoms with Gasteiger partial charge in [-0.25, -0.2) is 0 Å².